The number of nitrogens with zero attached hydrogens (tertiary/aromatic N) is 1. The fraction of sp³-hybridized carbons (Fsp3) is 1.00. The Labute approximate surface area is 81.3 Å². The zero-order valence-electron chi connectivity index (χ0n) is 9.15. The molecule has 1 nitrogen and oxygen atoms in total. The molecule has 78 valence electrons. The first-order valence-corrected chi connectivity index (χ1v) is 5.50. The molecule has 0 saturated carbocycles. The van der Waals surface area contributed by atoms with Crippen molar-refractivity contribution in [2.24, 2.45) is 0 Å². The first kappa shape index (κ1) is 11.0. The van der Waals surface area contributed by atoms with E-state index in [1.54, 1.807) is 0 Å². The zero-order valence-corrected chi connectivity index (χ0v) is 9.15. The summed E-state index contributed by atoms with van der Waals surface area (Å²) >= 11 is 0. The van der Waals surface area contributed by atoms with Crippen LogP contribution in [0.2, 0.25) is 0 Å². The molecule has 0 amide bonds. The van der Waals surface area contributed by atoms with Crippen LogP contribution in [-0.2, 0) is 0 Å². The van der Waals surface area contributed by atoms with Gasteiger partial charge in [0.2, 0.25) is 0 Å². The van der Waals surface area contributed by atoms with E-state index in [-0.39, 0.29) is 0 Å². The maximum Gasteiger partial charge on any atom is 0.123 e. The molecule has 0 bridgehead atoms. The van der Waals surface area contributed by atoms with Crippen LogP contribution in [0.5, 0.6) is 0 Å². The highest BCUT2D eigenvalue weighted by molar-refractivity contribution is 4.88. The van der Waals surface area contributed by atoms with Gasteiger partial charge in [-0.2, -0.15) is 0 Å². The quantitative estimate of drug-likeness (QED) is 0.656. The molecule has 1 atom stereocenters. The zero-order chi connectivity index (χ0) is 9.90. The molecule has 1 heterocycles. The molecule has 2 heteroatoms. The van der Waals surface area contributed by atoms with Gasteiger partial charge in [-0.05, 0) is 39.7 Å². The highest BCUT2D eigenvalue weighted by Crippen LogP contribution is 2.30. The van der Waals surface area contributed by atoms with Crippen LogP contribution in [0.25, 0.3) is 0 Å². The van der Waals surface area contributed by atoms with E-state index in [0.29, 0.717) is 12.6 Å². The molecule has 0 radical (unpaired) electrons. The average Bonchev–Trinajstić information content (AvgIpc) is 2.04. The van der Waals surface area contributed by atoms with Crippen LogP contribution < -0.4 is 0 Å². The van der Waals surface area contributed by atoms with E-state index in [1.165, 1.54) is 0 Å². The maximum absolute atomic E-state index is 14.1. The number of likely N-dealkylation sites (tertiary alicyclic amines) is 1. The molecule has 0 N–H and O–H groups in total. The first-order valence-electron chi connectivity index (χ1n) is 5.50. The third-order valence-electron chi connectivity index (χ3n) is 2.98. The molecule has 1 aliphatic rings. The van der Waals surface area contributed by atoms with Gasteiger partial charge in [-0.25, -0.2) is 4.39 Å². The van der Waals surface area contributed by atoms with Gasteiger partial charge in [0.25, 0.3) is 0 Å². The number of hydrogen-bond donors (Lipinski definition) is 0. The summed E-state index contributed by atoms with van der Waals surface area (Å²) in [6, 6.07) is 0.493. The fourth-order valence-electron chi connectivity index (χ4n) is 2.21. The van der Waals surface area contributed by atoms with Gasteiger partial charge in [0.05, 0.1) is 0 Å². The smallest absolute Gasteiger partial charge is 0.123 e. The average molecular weight is 187 g/mol. The van der Waals surface area contributed by atoms with Crippen molar-refractivity contribution >= 4 is 0 Å². The van der Waals surface area contributed by atoms with Gasteiger partial charge in [0.15, 0.2) is 0 Å². The summed E-state index contributed by atoms with van der Waals surface area (Å²) < 4.78 is 14.1. The Morgan fingerprint density at radius 3 is 2.69 bits per heavy atom. The second-order valence-electron chi connectivity index (χ2n) is 4.57. The molecule has 0 aromatic carbocycles. The topological polar surface area (TPSA) is 3.24 Å². The van der Waals surface area contributed by atoms with Crippen molar-refractivity contribution in [3.05, 3.63) is 0 Å². The second-order valence-corrected chi connectivity index (χ2v) is 4.57. The third-order valence-corrected chi connectivity index (χ3v) is 2.98. The van der Waals surface area contributed by atoms with Gasteiger partial charge in [-0.3, -0.25) is 4.90 Å². The highest BCUT2D eigenvalue weighted by Gasteiger charge is 2.34. The fourth-order valence-corrected chi connectivity index (χ4v) is 2.21. The van der Waals surface area contributed by atoms with Crippen molar-refractivity contribution in [2.45, 2.75) is 58.2 Å². The Hall–Kier alpha value is -0.110. The van der Waals surface area contributed by atoms with E-state index in [9.17, 15) is 4.39 Å². The summed E-state index contributed by atoms with van der Waals surface area (Å²) in [4.78, 5) is 2.26. The van der Waals surface area contributed by atoms with Crippen molar-refractivity contribution in [2.75, 3.05) is 13.1 Å². The number of hydrogen-bond acceptors (Lipinski definition) is 1. The molecule has 0 aliphatic carbocycles. The predicted molar refractivity (Wildman–Crippen MR) is 54.7 cm³/mol. The standard InChI is InChI=1S/C11H22FN/c1-4-6-11(12)7-5-8-13(9-11)10(2)3/h10H,4-9H2,1-3H3/t11-/m0/s1. The van der Waals surface area contributed by atoms with E-state index in [4.69, 9.17) is 0 Å². The van der Waals surface area contributed by atoms with Gasteiger partial charge < -0.3 is 0 Å². The molecule has 1 fully saturated rings. The van der Waals surface area contributed by atoms with Crippen LogP contribution in [0.3, 0.4) is 0 Å². The van der Waals surface area contributed by atoms with Gasteiger partial charge in [0, 0.05) is 12.6 Å². The lowest BCUT2D eigenvalue weighted by atomic mass is 9.90. The van der Waals surface area contributed by atoms with Gasteiger partial charge >= 0.3 is 0 Å². The van der Waals surface area contributed by atoms with Crippen LogP contribution >= 0.6 is 0 Å². The van der Waals surface area contributed by atoms with Crippen molar-refractivity contribution in [1.82, 2.24) is 4.90 Å². The lowest BCUT2D eigenvalue weighted by Crippen LogP contribution is -2.47. The molecular formula is C11H22FN. The lowest BCUT2D eigenvalue weighted by molar-refractivity contribution is 0.0230. The van der Waals surface area contributed by atoms with E-state index >= 15 is 0 Å². The monoisotopic (exact) mass is 187 g/mol. The minimum absolute atomic E-state index is 0.493. The Morgan fingerprint density at radius 1 is 1.46 bits per heavy atom. The van der Waals surface area contributed by atoms with Crippen molar-refractivity contribution in [1.29, 1.82) is 0 Å². The molecule has 0 aromatic rings. The first-order chi connectivity index (χ1) is 6.07. The van der Waals surface area contributed by atoms with Crippen LogP contribution in [0.1, 0.15) is 46.5 Å². The van der Waals surface area contributed by atoms with Crippen LogP contribution in [0.15, 0.2) is 0 Å². The SMILES string of the molecule is CCC[C@]1(F)CCCN(C(C)C)C1. The van der Waals surface area contributed by atoms with Crippen molar-refractivity contribution < 1.29 is 4.39 Å². The summed E-state index contributed by atoms with van der Waals surface area (Å²) in [5, 5.41) is 0. The molecular weight excluding hydrogens is 165 g/mol. The Kier molecular flexibility index (Phi) is 3.72. The number of halogens is 1. The van der Waals surface area contributed by atoms with Crippen LogP contribution in [-0.4, -0.2) is 29.7 Å². The summed E-state index contributed by atoms with van der Waals surface area (Å²) in [7, 11) is 0. The highest BCUT2D eigenvalue weighted by atomic mass is 19.1. The summed E-state index contributed by atoms with van der Waals surface area (Å²) in [6.07, 6.45) is 3.48. The Morgan fingerprint density at radius 2 is 2.15 bits per heavy atom. The molecule has 13 heavy (non-hydrogen) atoms. The number of piperidine rings is 1. The molecule has 1 rings (SSSR count). The predicted octanol–water partition coefficient (Wildman–Crippen LogP) is 3.00. The van der Waals surface area contributed by atoms with Crippen LogP contribution in [0.4, 0.5) is 4.39 Å². The minimum atomic E-state index is -0.892. The van der Waals surface area contributed by atoms with Crippen molar-refractivity contribution in [3.8, 4) is 0 Å². The molecule has 0 spiro atoms. The van der Waals surface area contributed by atoms with E-state index < -0.39 is 5.67 Å². The van der Waals surface area contributed by atoms with E-state index in [0.717, 1.165) is 32.2 Å². The van der Waals surface area contributed by atoms with E-state index in [2.05, 4.69) is 25.7 Å². The maximum atomic E-state index is 14.1. The van der Waals surface area contributed by atoms with E-state index in [1.807, 2.05) is 0 Å². The molecule has 1 saturated heterocycles. The van der Waals surface area contributed by atoms with Gasteiger partial charge in [-0.15, -0.1) is 0 Å². The lowest BCUT2D eigenvalue weighted by Gasteiger charge is -2.39. The Balaban J connectivity index is 2.49. The molecule has 1 aliphatic heterocycles. The number of alkyl halides is 1. The largest absolute Gasteiger partial charge is 0.298 e. The molecule has 0 aromatic heterocycles. The third kappa shape index (κ3) is 2.94. The van der Waals surface area contributed by atoms with Crippen LogP contribution in [0, 0.1) is 0 Å². The number of rotatable bonds is 3. The van der Waals surface area contributed by atoms with Gasteiger partial charge in [-0.1, -0.05) is 13.3 Å². The Bertz CT molecular complexity index is 154. The summed E-state index contributed by atoms with van der Waals surface area (Å²) in [6.45, 7) is 8.09. The summed E-state index contributed by atoms with van der Waals surface area (Å²) in [5.41, 5.74) is -0.892. The molecule has 0 unspecified atom stereocenters. The minimum Gasteiger partial charge on any atom is -0.298 e. The second kappa shape index (κ2) is 4.41. The van der Waals surface area contributed by atoms with Gasteiger partial charge in [0.1, 0.15) is 5.67 Å². The normalized spacial score (nSPS) is 31.2. The van der Waals surface area contributed by atoms with Crippen molar-refractivity contribution in [3.63, 3.8) is 0 Å². The summed E-state index contributed by atoms with van der Waals surface area (Å²) in [5.74, 6) is 0.